The minimum absolute atomic E-state index is 0.0126. The van der Waals surface area contributed by atoms with Crippen molar-refractivity contribution in [1.82, 2.24) is 0 Å². The maximum absolute atomic E-state index is 12.2. The van der Waals surface area contributed by atoms with Crippen LogP contribution in [0.4, 0.5) is 0 Å². The molecule has 3 nitrogen and oxygen atoms in total. The van der Waals surface area contributed by atoms with E-state index < -0.39 is 0 Å². The molecule has 1 saturated heterocycles. The number of para-hydroxylation sites is 1. The predicted octanol–water partition coefficient (Wildman–Crippen LogP) is 1.40. The molecular weight excluding hydrogens is 262 g/mol. The molecule has 3 heteroatoms. The van der Waals surface area contributed by atoms with E-state index in [1.165, 1.54) is 16.0 Å². The molecule has 2 heterocycles. The first-order chi connectivity index (χ1) is 10.3. The molecule has 4 rings (SSSR count). The van der Waals surface area contributed by atoms with Crippen molar-refractivity contribution < 1.29 is 14.4 Å². The Hall–Kier alpha value is -2.13. The lowest BCUT2D eigenvalue weighted by Gasteiger charge is -2.23. The third kappa shape index (κ3) is 2.24. The number of esters is 1. The second-order valence-corrected chi connectivity index (χ2v) is 5.99. The van der Waals surface area contributed by atoms with Gasteiger partial charge in [0, 0.05) is 11.1 Å². The summed E-state index contributed by atoms with van der Waals surface area (Å²) in [6.45, 7) is 2.85. The number of nitrogens with one attached hydrogen (secondary N) is 1. The Bertz CT molecular complexity index is 668. The van der Waals surface area contributed by atoms with Gasteiger partial charge >= 0.3 is 5.97 Å². The van der Waals surface area contributed by atoms with E-state index >= 15 is 0 Å². The molecular formula is C18H18NO2+. The lowest BCUT2D eigenvalue weighted by molar-refractivity contribution is -0.903. The third-order valence-corrected chi connectivity index (χ3v) is 4.63. The molecule has 2 aliphatic rings. The quantitative estimate of drug-likeness (QED) is 0.666. The molecule has 0 spiro atoms. The van der Waals surface area contributed by atoms with Crippen LogP contribution in [0, 0.1) is 5.92 Å². The molecule has 3 atom stereocenters. The van der Waals surface area contributed by atoms with Gasteiger partial charge in [0.05, 0.1) is 19.0 Å². The summed E-state index contributed by atoms with van der Waals surface area (Å²) in [4.78, 5) is 13.7. The fourth-order valence-electron chi connectivity index (χ4n) is 3.66. The highest BCUT2D eigenvalue weighted by molar-refractivity contribution is 5.79. The minimum Gasteiger partial charge on any atom is -0.426 e. The van der Waals surface area contributed by atoms with E-state index in [9.17, 15) is 4.79 Å². The van der Waals surface area contributed by atoms with Crippen LogP contribution < -0.4 is 9.64 Å². The first kappa shape index (κ1) is 12.6. The van der Waals surface area contributed by atoms with E-state index in [-0.39, 0.29) is 11.9 Å². The van der Waals surface area contributed by atoms with Gasteiger partial charge in [0.2, 0.25) is 0 Å². The molecule has 2 aromatic rings. The summed E-state index contributed by atoms with van der Waals surface area (Å²) < 4.78 is 5.49. The fraction of sp³-hybridized carbons (Fsp3) is 0.278. The average molecular weight is 280 g/mol. The second-order valence-electron chi connectivity index (χ2n) is 5.99. The van der Waals surface area contributed by atoms with Crippen LogP contribution in [-0.2, 0) is 11.3 Å². The Morgan fingerprint density at radius 3 is 2.52 bits per heavy atom. The molecule has 2 aromatic carbocycles. The van der Waals surface area contributed by atoms with Crippen molar-refractivity contribution in [3.8, 4) is 5.75 Å². The first-order valence-corrected chi connectivity index (χ1v) is 7.49. The molecule has 2 aliphatic heterocycles. The number of benzene rings is 2. The minimum atomic E-state index is -0.0539. The molecule has 0 amide bonds. The number of quaternary nitrogens is 1. The van der Waals surface area contributed by atoms with E-state index in [0.29, 0.717) is 5.92 Å². The zero-order valence-electron chi connectivity index (χ0n) is 11.8. The summed E-state index contributed by atoms with van der Waals surface area (Å²) in [7, 11) is 0. The van der Waals surface area contributed by atoms with Gasteiger partial charge in [-0.05, 0) is 6.07 Å². The molecule has 0 aliphatic carbocycles. The molecule has 106 valence electrons. The summed E-state index contributed by atoms with van der Waals surface area (Å²) in [6.07, 6.45) is 0. The molecule has 1 unspecified atom stereocenters. The molecule has 0 bridgehead atoms. The lowest BCUT2D eigenvalue weighted by Crippen LogP contribution is -3.09. The Morgan fingerprint density at radius 2 is 1.67 bits per heavy atom. The summed E-state index contributed by atoms with van der Waals surface area (Å²) in [5.74, 6) is 1.02. The van der Waals surface area contributed by atoms with Crippen LogP contribution in [-0.4, -0.2) is 19.1 Å². The van der Waals surface area contributed by atoms with Crippen LogP contribution in [0.5, 0.6) is 5.75 Å². The van der Waals surface area contributed by atoms with E-state index in [1.807, 2.05) is 24.3 Å². The number of rotatable bonds is 2. The van der Waals surface area contributed by atoms with Crippen LogP contribution in [0.3, 0.4) is 0 Å². The molecule has 1 N–H and O–H groups in total. The van der Waals surface area contributed by atoms with Crippen LogP contribution in [0.2, 0.25) is 0 Å². The topological polar surface area (TPSA) is 30.7 Å². The molecule has 21 heavy (non-hydrogen) atoms. The average Bonchev–Trinajstić information content (AvgIpc) is 2.93. The zero-order chi connectivity index (χ0) is 14.2. The van der Waals surface area contributed by atoms with Crippen LogP contribution in [0.15, 0.2) is 54.6 Å². The van der Waals surface area contributed by atoms with Crippen molar-refractivity contribution in [3.05, 3.63) is 65.7 Å². The van der Waals surface area contributed by atoms with Crippen molar-refractivity contribution in [2.24, 2.45) is 5.92 Å². The summed E-state index contributed by atoms with van der Waals surface area (Å²) in [6, 6.07) is 18.4. The van der Waals surface area contributed by atoms with Gasteiger partial charge < -0.3 is 9.64 Å². The number of hydrogen-bond acceptors (Lipinski definition) is 2. The van der Waals surface area contributed by atoms with Crippen molar-refractivity contribution in [2.45, 2.75) is 12.5 Å². The highest BCUT2D eigenvalue weighted by Gasteiger charge is 2.46. The molecule has 0 saturated carbocycles. The Balaban J connectivity index is 1.58. The van der Waals surface area contributed by atoms with Gasteiger partial charge in [0.25, 0.3) is 0 Å². The number of fused-ring (bicyclic) bond motifs is 3. The van der Waals surface area contributed by atoms with Gasteiger partial charge in [-0.15, -0.1) is 0 Å². The Morgan fingerprint density at radius 1 is 0.952 bits per heavy atom. The maximum atomic E-state index is 12.2. The Kier molecular flexibility index (Phi) is 3.00. The number of ether oxygens (including phenoxy) is 1. The standard InChI is InChI=1S/C18H17NO2/c20-18-16-12-19(10-13-6-2-1-3-7-13)11-15(16)14-8-4-5-9-17(14)21-18/h1-9,15-16H,10-12H2/p+1/t15-,16+/m0/s1. The maximum Gasteiger partial charge on any atom is 0.320 e. The largest absolute Gasteiger partial charge is 0.426 e. The number of hydrogen-bond donors (Lipinski definition) is 1. The summed E-state index contributed by atoms with van der Waals surface area (Å²) >= 11 is 0. The highest BCUT2D eigenvalue weighted by Crippen LogP contribution is 2.38. The molecule has 0 aromatic heterocycles. The van der Waals surface area contributed by atoms with Crippen LogP contribution >= 0.6 is 0 Å². The summed E-state index contributed by atoms with van der Waals surface area (Å²) in [5.41, 5.74) is 2.53. The monoisotopic (exact) mass is 280 g/mol. The van der Waals surface area contributed by atoms with Gasteiger partial charge in [-0.25, -0.2) is 0 Å². The number of carbonyl (C=O) groups is 1. The van der Waals surface area contributed by atoms with Crippen molar-refractivity contribution in [2.75, 3.05) is 13.1 Å². The van der Waals surface area contributed by atoms with E-state index in [1.54, 1.807) is 0 Å². The highest BCUT2D eigenvalue weighted by atomic mass is 16.5. The van der Waals surface area contributed by atoms with Gasteiger partial charge in [-0.3, -0.25) is 4.79 Å². The Labute approximate surface area is 124 Å². The first-order valence-electron chi connectivity index (χ1n) is 7.49. The van der Waals surface area contributed by atoms with Gasteiger partial charge in [0.1, 0.15) is 18.2 Å². The zero-order valence-corrected chi connectivity index (χ0v) is 11.8. The van der Waals surface area contributed by atoms with Crippen LogP contribution in [0.1, 0.15) is 17.0 Å². The molecule has 0 radical (unpaired) electrons. The summed E-state index contributed by atoms with van der Waals surface area (Å²) in [5, 5.41) is 0. The SMILES string of the molecule is O=C1Oc2ccccc2[C@@H]2C[NH+](Cc3ccccc3)C[C@@H]12. The van der Waals surface area contributed by atoms with E-state index in [2.05, 4.69) is 30.3 Å². The van der Waals surface area contributed by atoms with Crippen molar-refractivity contribution in [3.63, 3.8) is 0 Å². The van der Waals surface area contributed by atoms with Gasteiger partial charge in [-0.1, -0.05) is 48.5 Å². The third-order valence-electron chi connectivity index (χ3n) is 4.63. The number of carbonyl (C=O) groups excluding carboxylic acids is 1. The lowest BCUT2D eigenvalue weighted by atomic mass is 9.86. The van der Waals surface area contributed by atoms with Crippen LogP contribution in [0.25, 0.3) is 0 Å². The van der Waals surface area contributed by atoms with Gasteiger partial charge in [-0.2, -0.15) is 0 Å². The van der Waals surface area contributed by atoms with E-state index in [0.717, 1.165) is 25.4 Å². The fourth-order valence-corrected chi connectivity index (χ4v) is 3.66. The number of likely N-dealkylation sites (tertiary alicyclic amines) is 1. The smallest absolute Gasteiger partial charge is 0.320 e. The van der Waals surface area contributed by atoms with Crippen molar-refractivity contribution >= 4 is 5.97 Å². The van der Waals surface area contributed by atoms with E-state index in [4.69, 9.17) is 4.74 Å². The van der Waals surface area contributed by atoms with Gasteiger partial charge in [0.15, 0.2) is 0 Å². The molecule has 1 fully saturated rings. The normalized spacial score (nSPS) is 26.9. The second kappa shape index (κ2) is 5.01. The predicted molar refractivity (Wildman–Crippen MR) is 79.2 cm³/mol. The van der Waals surface area contributed by atoms with Crippen molar-refractivity contribution in [1.29, 1.82) is 0 Å².